The van der Waals surface area contributed by atoms with Crippen LogP contribution in [-0.2, 0) is 48.2 Å². The molecule has 0 spiro atoms. The number of benzene rings is 4. The molecule has 0 aromatic heterocycles. The SMILES string of the molecule is NCCCC[C@@H]1NC(=O)[C@H](c2ccccc2)NC(=O)[C@@H]2CC(OC(=O)NCCN)CN2C(=O)[C@H](Cc2ccccc2)NC(=O)[C@H](Cc2ccc(OCc3ccccc3)cc2)NC1=O. The predicted octanol–water partition coefficient (Wildman–Crippen LogP) is 2.16. The summed E-state index contributed by atoms with van der Waals surface area (Å²) in [5.74, 6) is -2.70. The van der Waals surface area contributed by atoms with Crippen molar-refractivity contribution in [1.29, 1.82) is 0 Å². The van der Waals surface area contributed by atoms with Gasteiger partial charge in [0.1, 0.15) is 48.7 Å². The fourth-order valence-electron chi connectivity index (χ4n) is 7.65. The molecule has 16 nitrogen and oxygen atoms in total. The molecule has 2 aliphatic rings. The van der Waals surface area contributed by atoms with Crippen molar-refractivity contribution in [3.8, 4) is 5.75 Å². The van der Waals surface area contributed by atoms with Gasteiger partial charge in [0.15, 0.2) is 0 Å². The van der Waals surface area contributed by atoms with Gasteiger partial charge in [-0.15, -0.1) is 0 Å². The lowest BCUT2D eigenvalue weighted by molar-refractivity contribution is -0.142. The first-order chi connectivity index (χ1) is 30.6. The van der Waals surface area contributed by atoms with Gasteiger partial charge in [0.25, 0.3) is 0 Å². The summed E-state index contributed by atoms with van der Waals surface area (Å²) in [7, 11) is 0. The molecule has 0 saturated carbocycles. The van der Waals surface area contributed by atoms with E-state index in [1.54, 1.807) is 66.7 Å². The number of nitrogens with zero attached hydrogens (tertiary/aromatic N) is 1. The molecule has 63 heavy (non-hydrogen) atoms. The van der Waals surface area contributed by atoms with Gasteiger partial charge >= 0.3 is 6.09 Å². The van der Waals surface area contributed by atoms with E-state index in [0.29, 0.717) is 48.4 Å². The van der Waals surface area contributed by atoms with Gasteiger partial charge in [-0.2, -0.15) is 0 Å². The van der Waals surface area contributed by atoms with E-state index in [1.165, 1.54) is 4.90 Å². The third kappa shape index (κ3) is 13.1. The molecule has 6 atom stereocenters. The van der Waals surface area contributed by atoms with Crippen molar-refractivity contribution < 1.29 is 38.2 Å². The fourth-order valence-corrected chi connectivity index (χ4v) is 7.65. The molecular weight excluding hydrogens is 805 g/mol. The van der Waals surface area contributed by atoms with Crippen LogP contribution in [0.4, 0.5) is 4.79 Å². The Hall–Kier alpha value is -6.78. The minimum absolute atomic E-state index is 0.0130. The van der Waals surface area contributed by atoms with Gasteiger partial charge in [-0.05, 0) is 60.2 Å². The Morgan fingerprint density at radius 1 is 0.635 bits per heavy atom. The normalized spacial score (nSPS) is 22.0. The Morgan fingerprint density at radius 2 is 1.22 bits per heavy atom. The van der Waals surface area contributed by atoms with Crippen LogP contribution in [0, 0.1) is 0 Å². The predicted molar refractivity (Wildman–Crippen MR) is 235 cm³/mol. The van der Waals surface area contributed by atoms with E-state index in [-0.39, 0.29) is 45.3 Å². The monoisotopic (exact) mass is 860 g/mol. The number of hydrogen-bond donors (Lipinski definition) is 7. The molecule has 1 unspecified atom stereocenters. The summed E-state index contributed by atoms with van der Waals surface area (Å²) in [6.45, 7) is 0.846. The van der Waals surface area contributed by atoms with Crippen LogP contribution in [0.3, 0.4) is 0 Å². The molecular formula is C47H56N8O8. The lowest BCUT2D eigenvalue weighted by Crippen LogP contribution is -2.58. The van der Waals surface area contributed by atoms with Crippen molar-refractivity contribution in [3.05, 3.63) is 138 Å². The average Bonchev–Trinajstić information content (AvgIpc) is 3.73. The molecule has 4 aromatic rings. The number of unbranched alkanes of at least 4 members (excludes halogenated alkanes) is 1. The van der Waals surface area contributed by atoms with Crippen LogP contribution in [0.2, 0.25) is 0 Å². The Kier molecular flexibility index (Phi) is 16.6. The summed E-state index contributed by atoms with van der Waals surface area (Å²) in [6.07, 6.45) is -0.524. The zero-order valence-electron chi connectivity index (χ0n) is 35.1. The number of rotatable bonds is 15. The summed E-state index contributed by atoms with van der Waals surface area (Å²) in [6, 6.07) is 28.3. The lowest BCUT2D eigenvalue weighted by Gasteiger charge is -2.30. The summed E-state index contributed by atoms with van der Waals surface area (Å²) < 4.78 is 11.6. The molecule has 2 saturated heterocycles. The highest BCUT2D eigenvalue weighted by Crippen LogP contribution is 2.25. The van der Waals surface area contributed by atoms with Crippen molar-refractivity contribution in [1.82, 2.24) is 31.5 Å². The first-order valence-electron chi connectivity index (χ1n) is 21.3. The lowest BCUT2D eigenvalue weighted by atomic mass is 10.0. The van der Waals surface area contributed by atoms with Crippen molar-refractivity contribution in [2.75, 3.05) is 26.2 Å². The van der Waals surface area contributed by atoms with Crippen molar-refractivity contribution in [3.63, 3.8) is 0 Å². The number of carbonyl (C=O) groups excluding carboxylic acids is 6. The van der Waals surface area contributed by atoms with E-state index in [4.69, 9.17) is 20.9 Å². The van der Waals surface area contributed by atoms with E-state index < -0.39 is 71.9 Å². The third-order valence-corrected chi connectivity index (χ3v) is 10.9. The van der Waals surface area contributed by atoms with Gasteiger partial charge in [0, 0.05) is 32.4 Å². The highest BCUT2D eigenvalue weighted by atomic mass is 16.6. The molecule has 4 aromatic carbocycles. The Balaban J connectivity index is 1.37. The van der Waals surface area contributed by atoms with E-state index in [9.17, 15) is 28.8 Å². The van der Waals surface area contributed by atoms with E-state index >= 15 is 0 Å². The quantitative estimate of drug-likeness (QED) is 0.0861. The number of fused-ring (bicyclic) bond motifs is 1. The molecule has 6 amide bonds. The molecule has 6 rings (SSSR count). The fraction of sp³-hybridized carbons (Fsp3) is 0.362. The van der Waals surface area contributed by atoms with Crippen molar-refractivity contribution in [2.45, 2.75) is 81.4 Å². The molecule has 2 fully saturated rings. The first kappa shape index (κ1) is 45.7. The number of alkyl carbamates (subject to hydrolysis) is 1. The van der Waals surface area contributed by atoms with Gasteiger partial charge in [-0.3, -0.25) is 24.0 Å². The van der Waals surface area contributed by atoms with Crippen LogP contribution in [-0.4, -0.2) is 97.0 Å². The Morgan fingerprint density at radius 3 is 1.89 bits per heavy atom. The molecule has 0 bridgehead atoms. The minimum Gasteiger partial charge on any atom is -0.489 e. The van der Waals surface area contributed by atoms with Gasteiger partial charge in [-0.25, -0.2) is 4.79 Å². The van der Waals surface area contributed by atoms with Crippen LogP contribution in [0.5, 0.6) is 5.75 Å². The number of amides is 6. The number of carbonyl (C=O) groups is 6. The van der Waals surface area contributed by atoms with Gasteiger partial charge < -0.3 is 52.4 Å². The smallest absolute Gasteiger partial charge is 0.407 e. The van der Waals surface area contributed by atoms with Crippen LogP contribution in [0.1, 0.15) is 54.0 Å². The highest BCUT2D eigenvalue weighted by molar-refractivity contribution is 5.98. The number of nitrogens with two attached hydrogens (primary N) is 2. The number of hydrogen-bond acceptors (Lipinski definition) is 10. The highest BCUT2D eigenvalue weighted by Gasteiger charge is 2.45. The molecule has 2 aliphatic heterocycles. The van der Waals surface area contributed by atoms with Gasteiger partial charge in [0.05, 0.1) is 6.54 Å². The van der Waals surface area contributed by atoms with Crippen LogP contribution in [0.15, 0.2) is 115 Å². The van der Waals surface area contributed by atoms with Crippen LogP contribution in [0.25, 0.3) is 0 Å². The third-order valence-electron chi connectivity index (χ3n) is 10.9. The van der Waals surface area contributed by atoms with Crippen molar-refractivity contribution >= 4 is 35.6 Å². The average molecular weight is 861 g/mol. The topological polar surface area (TPSA) is 236 Å². The maximum Gasteiger partial charge on any atom is 0.407 e. The molecule has 332 valence electrons. The van der Waals surface area contributed by atoms with Gasteiger partial charge in [-0.1, -0.05) is 103 Å². The standard InChI is InChI=1S/C47H56N8O8/c48-23-11-10-18-37-42(56)52-38(26-32-19-21-35(22-20-32)62-30-33-14-6-2-7-15-33)43(57)53-39(27-31-12-4-1-5-13-31)46(60)55-29-36(63-47(61)50-25-24-49)28-40(55)44(58)54-41(45(59)51-37)34-16-8-3-9-17-34/h1-9,12-17,19-22,36-41H,10-11,18,23-30,48-49H2,(H,50,61)(H,51,59)(H,52,56)(H,53,57)(H,54,58)/t36?,37-,38-,39-,40-,41-/m0/s1. The maximum atomic E-state index is 14.9. The van der Waals surface area contributed by atoms with E-state index in [1.807, 2.05) is 48.5 Å². The second-order valence-corrected chi connectivity index (χ2v) is 15.6. The Bertz CT molecular complexity index is 2150. The Labute approximate surface area is 366 Å². The zero-order valence-corrected chi connectivity index (χ0v) is 35.1. The molecule has 0 aliphatic carbocycles. The summed E-state index contributed by atoms with van der Waals surface area (Å²) in [4.78, 5) is 86.6. The largest absolute Gasteiger partial charge is 0.489 e. The molecule has 0 radical (unpaired) electrons. The minimum atomic E-state index is -1.29. The summed E-state index contributed by atoms with van der Waals surface area (Å²) in [5.41, 5.74) is 14.2. The van der Waals surface area contributed by atoms with E-state index in [0.717, 1.165) is 5.56 Å². The zero-order chi connectivity index (χ0) is 44.6. The van der Waals surface area contributed by atoms with E-state index in [2.05, 4.69) is 26.6 Å². The number of ether oxygens (including phenoxy) is 2. The first-order valence-corrected chi connectivity index (χ1v) is 21.3. The molecule has 9 N–H and O–H groups in total. The van der Waals surface area contributed by atoms with Crippen molar-refractivity contribution in [2.24, 2.45) is 11.5 Å². The van der Waals surface area contributed by atoms with Crippen LogP contribution >= 0.6 is 0 Å². The van der Waals surface area contributed by atoms with Gasteiger partial charge in [0.2, 0.25) is 29.5 Å². The van der Waals surface area contributed by atoms with Crippen LogP contribution < -0.4 is 42.8 Å². The maximum absolute atomic E-state index is 14.9. The second kappa shape index (κ2) is 22.9. The molecule has 16 heteroatoms. The molecule has 2 heterocycles. The number of nitrogens with one attached hydrogen (secondary N) is 5. The second-order valence-electron chi connectivity index (χ2n) is 15.6. The summed E-state index contributed by atoms with van der Waals surface area (Å²) in [5, 5.41) is 14.0. The summed E-state index contributed by atoms with van der Waals surface area (Å²) >= 11 is 0.